The first-order valence-electron chi connectivity index (χ1n) is 5.61. The standard InChI is InChI=1S/C12H13Cl2N3OS/c1-2-6-17(12(18)16-19-7-5-15)9-3-4-10(13)11(14)8-9/h3-4,8H,2,6-7H2,1H3,(H,16,18). The topological polar surface area (TPSA) is 56.1 Å². The number of carbonyl (C=O) groups is 1. The first kappa shape index (κ1) is 16.0. The number of halogens is 2. The highest BCUT2D eigenvalue weighted by Crippen LogP contribution is 2.27. The van der Waals surface area contributed by atoms with Crippen LogP contribution in [0.25, 0.3) is 0 Å². The van der Waals surface area contributed by atoms with Crippen LogP contribution in [0.5, 0.6) is 0 Å². The van der Waals surface area contributed by atoms with Crippen molar-refractivity contribution in [2.75, 3.05) is 17.2 Å². The van der Waals surface area contributed by atoms with Gasteiger partial charge in [0.25, 0.3) is 0 Å². The van der Waals surface area contributed by atoms with Crippen LogP contribution in [-0.2, 0) is 0 Å². The lowest BCUT2D eigenvalue weighted by Crippen LogP contribution is -2.37. The van der Waals surface area contributed by atoms with Crippen molar-refractivity contribution >= 4 is 46.9 Å². The lowest BCUT2D eigenvalue weighted by atomic mass is 10.3. The Balaban J connectivity index is 2.84. The maximum absolute atomic E-state index is 12.0. The summed E-state index contributed by atoms with van der Waals surface area (Å²) in [7, 11) is 0. The number of amides is 2. The lowest BCUT2D eigenvalue weighted by Gasteiger charge is -2.22. The van der Waals surface area contributed by atoms with E-state index in [9.17, 15) is 4.79 Å². The van der Waals surface area contributed by atoms with Gasteiger partial charge in [0.2, 0.25) is 0 Å². The van der Waals surface area contributed by atoms with Crippen LogP contribution in [0.3, 0.4) is 0 Å². The third-order valence-corrected chi connectivity index (χ3v) is 3.53. The van der Waals surface area contributed by atoms with Crippen molar-refractivity contribution in [1.29, 1.82) is 5.26 Å². The molecule has 0 unspecified atom stereocenters. The van der Waals surface area contributed by atoms with E-state index in [0.717, 1.165) is 18.4 Å². The number of nitrogens with zero attached hydrogens (tertiary/aromatic N) is 2. The Kier molecular flexibility index (Phi) is 6.85. The molecule has 0 radical (unpaired) electrons. The zero-order valence-electron chi connectivity index (χ0n) is 10.3. The first-order chi connectivity index (χ1) is 9.10. The van der Waals surface area contributed by atoms with Gasteiger partial charge < -0.3 is 0 Å². The van der Waals surface area contributed by atoms with Gasteiger partial charge in [0.15, 0.2) is 0 Å². The summed E-state index contributed by atoms with van der Waals surface area (Å²) in [5.41, 5.74) is 0.673. The number of hydrogen-bond donors (Lipinski definition) is 1. The molecule has 2 amide bonds. The van der Waals surface area contributed by atoms with E-state index in [4.69, 9.17) is 28.5 Å². The van der Waals surface area contributed by atoms with Gasteiger partial charge in [0, 0.05) is 12.2 Å². The summed E-state index contributed by atoms with van der Waals surface area (Å²) < 4.78 is 2.61. The minimum absolute atomic E-state index is 0.201. The van der Waals surface area contributed by atoms with Crippen molar-refractivity contribution in [1.82, 2.24) is 4.72 Å². The largest absolute Gasteiger partial charge is 0.331 e. The van der Waals surface area contributed by atoms with Crippen LogP contribution < -0.4 is 9.62 Å². The normalized spacial score (nSPS) is 9.79. The Labute approximate surface area is 126 Å². The van der Waals surface area contributed by atoms with Crippen LogP contribution in [0.4, 0.5) is 10.5 Å². The van der Waals surface area contributed by atoms with Gasteiger partial charge in [-0.1, -0.05) is 30.1 Å². The van der Waals surface area contributed by atoms with Gasteiger partial charge in [-0.3, -0.25) is 9.62 Å². The monoisotopic (exact) mass is 317 g/mol. The summed E-state index contributed by atoms with van der Waals surface area (Å²) in [5.74, 6) is 0.201. The second-order valence-electron chi connectivity index (χ2n) is 3.60. The van der Waals surface area contributed by atoms with Gasteiger partial charge in [0.1, 0.15) is 5.75 Å². The van der Waals surface area contributed by atoms with Crippen molar-refractivity contribution in [3.63, 3.8) is 0 Å². The molecule has 0 fully saturated rings. The number of nitrogens with one attached hydrogen (secondary N) is 1. The molecule has 0 aliphatic rings. The number of carbonyl (C=O) groups excluding carboxylic acids is 1. The number of nitriles is 1. The van der Waals surface area contributed by atoms with Gasteiger partial charge in [-0.15, -0.1) is 0 Å². The van der Waals surface area contributed by atoms with Crippen LogP contribution in [0.1, 0.15) is 13.3 Å². The Morgan fingerprint density at radius 1 is 1.47 bits per heavy atom. The summed E-state index contributed by atoms with van der Waals surface area (Å²) in [6.07, 6.45) is 0.802. The fourth-order valence-electron chi connectivity index (χ4n) is 1.41. The first-order valence-corrected chi connectivity index (χ1v) is 7.35. The third-order valence-electron chi connectivity index (χ3n) is 2.20. The Bertz CT molecular complexity index is 490. The number of rotatable bonds is 5. The van der Waals surface area contributed by atoms with E-state index in [2.05, 4.69) is 4.72 Å². The molecule has 0 heterocycles. The van der Waals surface area contributed by atoms with E-state index in [1.54, 1.807) is 23.1 Å². The molecule has 0 bridgehead atoms. The fourth-order valence-corrected chi connectivity index (χ4v) is 2.07. The molecule has 1 aromatic rings. The van der Waals surface area contributed by atoms with Crippen LogP contribution in [-0.4, -0.2) is 18.3 Å². The van der Waals surface area contributed by atoms with Crippen LogP contribution in [0.15, 0.2) is 18.2 Å². The molecule has 1 aromatic carbocycles. The van der Waals surface area contributed by atoms with Crippen LogP contribution >= 0.6 is 35.1 Å². The molecule has 19 heavy (non-hydrogen) atoms. The summed E-state index contributed by atoms with van der Waals surface area (Å²) in [4.78, 5) is 13.6. The molecule has 1 N–H and O–H groups in total. The molecule has 4 nitrogen and oxygen atoms in total. The molecule has 7 heteroatoms. The second-order valence-corrected chi connectivity index (χ2v) is 5.20. The van der Waals surface area contributed by atoms with E-state index in [0.29, 0.717) is 22.3 Å². The maximum Gasteiger partial charge on any atom is 0.331 e. The number of urea groups is 1. The molecule has 0 aliphatic heterocycles. The van der Waals surface area contributed by atoms with E-state index in [1.807, 2.05) is 13.0 Å². The molecule has 0 atom stereocenters. The second kappa shape index (κ2) is 8.16. The van der Waals surface area contributed by atoms with Gasteiger partial charge in [-0.05, 0) is 36.6 Å². The van der Waals surface area contributed by atoms with Crippen molar-refractivity contribution < 1.29 is 4.79 Å². The highest BCUT2D eigenvalue weighted by atomic mass is 35.5. The zero-order chi connectivity index (χ0) is 14.3. The molecule has 1 rings (SSSR count). The molecular weight excluding hydrogens is 305 g/mol. The lowest BCUT2D eigenvalue weighted by molar-refractivity contribution is 0.251. The summed E-state index contributed by atoms with van der Waals surface area (Å²) in [6, 6.07) is 6.70. The quantitative estimate of drug-likeness (QED) is 0.657. The number of hydrogen-bond acceptors (Lipinski definition) is 3. The van der Waals surface area contributed by atoms with E-state index in [1.165, 1.54) is 0 Å². The number of benzene rings is 1. The smallest absolute Gasteiger partial charge is 0.294 e. The van der Waals surface area contributed by atoms with Crippen molar-refractivity contribution in [3.05, 3.63) is 28.2 Å². The van der Waals surface area contributed by atoms with Gasteiger partial charge in [-0.25, -0.2) is 4.79 Å². The van der Waals surface area contributed by atoms with Crippen molar-refractivity contribution in [2.45, 2.75) is 13.3 Å². The fraction of sp³-hybridized carbons (Fsp3) is 0.333. The van der Waals surface area contributed by atoms with Crippen LogP contribution in [0, 0.1) is 11.3 Å². The molecule has 0 saturated carbocycles. The Morgan fingerprint density at radius 2 is 2.21 bits per heavy atom. The highest BCUT2D eigenvalue weighted by molar-refractivity contribution is 7.98. The van der Waals surface area contributed by atoms with E-state index >= 15 is 0 Å². The maximum atomic E-state index is 12.0. The highest BCUT2D eigenvalue weighted by Gasteiger charge is 2.15. The minimum Gasteiger partial charge on any atom is -0.294 e. The van der Waals surface area contributed by atoms with Gasteiger partial charge in [0.05, 0.1) is 16.1 Å². The summed E-state index contributed by atoms with van der Waals surface area (Å²) in [6.45, 7) is 2.52. The predicted molar refractivity (Wildman–Crippen MR) is 80.7 cm³/mol. The minimum atomic E-state index is -0.277. The SMILES string of the molecule is CCCN(C(=O)NSCC#N)c1ccc(Cl)c(Cl)c1. The van der Waals surface area contributed by atoms with Crippen molar-refractivity contribution in [2.24, 2.45) is 0 Å². The Hall–Kier alpha value is -1.09. The van der Waals surface area contributed by atoms with Gasteiger partial charge >= 0.3 is 6.03 Å². The van der Waals surface area contributed by atoms with Crippen LogP contribution in [0.2, 0.25) is 10.0 Å². The average Bonchev–Trinajstić information content (AvgIpc) is 2.39. The van der Waals surface area contributed by atoms with Crippen molar-refractivity contribution in [3.8, 4) is 6.07 Å². The predicted octanol–water partition coefficient (Wildman–Crippen LogP) is 4.09. The third kappa shape index (κ3) is 4.83. The molecule has 0 aromatic heterocycles. The average molecular weight is 318 g/mol. The Morgan fingerprint density at radius 3 is 2.79 bits per heavy atom. The molecule has 0 aliphatic carbocycles. The summed E-state index contributed by atoms with van der Waals surface area (Å²) in [5, 5.41) is 9.28. The molecule has 102 valence electrons. The molecular formula is C12H13Cl2N3OS. The van der Waals surface area contributed by atoms with E-state index in [-0.39, 0.29) is 11.8 Å². The zero-order valence-corrected chi connectivity index (χ0v) is 12.6. The molecule has 0 saturated heterocycles. The van der Waals surface area contributed by atoms with Gasteiger partial charge in [-0.2, -0.15) is 5.26 Å². The number of anilines is 1. The van der Waals surface area contributed by atoms with E-state index < -0.39 is 0 Å². The summed E-state index contributed by atoms with van der Waals surface area (Å²) >= 11 is 12.9. The molecule has 0 spiro atoms.